The molecule has 0 heterocycles. The van der Waals surface area contributed by atoms with E-state index in [1.165, 1.54) is 19.3 Å². The average molecular weight is 304 g/mol. The number of primary amides is 1. The highest BCUT2D eigenvalue weighted by Crippen LogP contribution is 2.22. The Balaban J connectivity index is 1.88. The van der Waals surface area contributed by atoms with Crippen molar-refractivity contribution in [1.29, 1.82) is 0 Å². The number of nitrogens with zero attached hydrogens (tertiary/aromatic N) is 1. The number of hydrogen-bond acceptors (Lipinski definition) is 3. The van der Waals surface area contributed by atoms with E-state index in [2.05, 4.69) is 0 Å². The Morgan fingerprint density at radius 3 is 2.36 bits per heavy atom. The lowest BCUT2D eigenvalue weighted by atomic mass is 9.94. The molecule has 0 saturated heterocycles. The molecule has 0 aromatic heterocycles. The van der Waals surface area contributed by atoms with Crippen LogP contribution in [0.4, 0.5) is 0 Å². The van der Waals surface area contributed by atoms with Crippen LogP contribution in [0.15, 0.2) is 24.3 Å². The molecule has 0 bridgehead atoms. The molecule has 120 valence electrons. The van der Waals surface area contributed by atoms with E-state index in [0.29, 0.717) is 23.9 Å². The Kier molecular flexibility index (Phi) is 5.81. The number of carbonyl (C=O) groups excluding carboxylic acids is 2. The third kappa shape index (κ3) is 4.23. The van der Waals surface area contributed by atoms with Crippen LogP contribution in [0.25, 0.3) is 0 Å². The van der Waals surface area contributed by atoms with Crippen molar-refractivity contribution < 1.29 is 14.3 Å². The molecule has 5 nitrogen and oxygen atoms in total. The molecule has 1 saturated carbocycles. The fourth-order valence-electron chi connectivity index (χ4n) is 2.97. The molecular formula is C17H24N2O3. The van der Waals surface area contributed by atoms with E-state index >= 15 is 0 Å². The van der Waals surface area contributed by atoms with Gasteiger partial charge in [-0.3, -0.25) is 9.59 Å². The minimum atomic E-state index is -0.475. The summed E-state index contributed by atoms with van der Waals surface area (Å²) in [7, 11) is 0. The number of ether oxygens (including phenoxy) is 1. The van der Waals surface area contributed by atoms with Crippen LogP contribution in [0, 0.1) is 0 Å². The molecule has 2 rings (SSSR count). The fraction of sp³-hybridized carbons (Fsp3) is 0.529. The number of hydrogen-bond donors (Lipinski definition) is 1. The van der Waals surface area contributed by atoms with E-state index in [1.807, 2.05) is 11.8 Å². The van der Waals surface area contributed by atoms with Gasteiger partial charge in [0.25, 0.3) is 5.91 Å². The number of carbonyl (C=O) groups is 2. The maximum atomic E-state index is 12.3. The molecule has 0 unspecified atom stereocenters. The molecule has 22 heavy (non-hydrogen) atoms. The highest BCUT2D eigenvalue weighted by Gasteiger charge is 2.24. The third-order valence-electron chi connectivity index (χ3n) is 4.18. The Hall–Kier alpha value is -2.04. The van der Waals surface area contributed by atoms with Crippen LogP contribution in [0.3, 0.4) is 0 Å². The van der Waals surface area contributed by atoms with Crippen LogP contribution in [0.5, 0.6) is 5.75 Å². The molecule has 1 aromatic rings. The highest BCUT2D eigenvalue weighted by molar-refractivity contribution is 5.92. The van der Waals surface area contributed by atoms with Gasteiger partial charge >= 0.3 is 0 Å². The zero-order valence-corrected chi connectivity index (χ0v) is 13.1. The Morgan fingerprint density at radius 2 is 1.82 bits per heavy atom. The molecule has 1 aliphatic rings. The van der Waals surface area contributed by atoms with Crippen LogP contribution in [0.1, 0.15) is 49.4 Å². The van der Waals surface area contributed by atoms with Gasteiger partial charge in [0.2, 0.25) is 5.91 Å². The summed E-state index contributed by atoms with van der Waals surface area (Å²) in [4.78, 5) is 25.3. The molecule has 1 aliphatic carbocycles. The summed E-state index contributed by atoms with van der Waals surface area (Å²) in [5.41, 5.74) is 5.61. The smallest absolute Gasteiger partial charge is 0.260 e. The quantitative estimate of drug-likeness (QED) is 0.876. The van der Waals surface area contributed by atoms with Crippen LogP contribution in [-0.4, -0.2) is 35.9 Å². The van der Waals surface area contributed by atoms with Crippen molar-refractivity contribution in [2.45, 2.75) is 45.1 Å². The van der Waals surface area contributed by atoms with E-state index in [-0.39, 0.29) is 12.5 Å². The molecule has 0 spiro atoms. The number of rotatable bonds is 6. The summed E-state index contributed by atoms with van der Waals surface area (Å²) in [6, 6.07) is 6.86. The first-order valence-corrected chi connectivity index (χ1v) is 7.94. The lowest BCUT2D eigenvalue weighted by Gasteiger charge is -2.33. The topological polar surface area (TPSA) is 72.6 Å². The van der Waals surface area contributed by atoms with Gasteiger partial charge in [-0.2, -0.15) is 0 Å². The second-order valence-corrected chi connectivity index (χ2v) is 5.65. The van der Waals surface area contributed by atoms with Crippen LogP contribution >= 0.6 is 0 Å². The Morgan fingerprint density at radius 1 is 1.18 bits per heavy atom. The summed E-state index contributed by atoms with van der Waals surface area (Å²) in [6.07, 6.45) is 5.85. The lowest BCUT2D eigenvalue weighted by Crippen LogP contribution is -2.43. The third-order valence-corrected chi connectivity index (χ3v) is 4.18. The monoisotopic (exact) mass is 304 g/mol. The van der Waals surface area contributed by atoms with Crippen molar-refractivity contribution in [3.05, 3.63) is 29.8 Å². The second-order valence-electron chi connectivity index (χ2n) is 5.65. The molecule has 5 heteroatoms. The van der Waals surface area contributed by atoms with Gasteiger partial charge < -0.3 is 15.4 Å². The summed E-state index contributed by atoms with van der Waals surface area (Å²) >= 11 is 0. The van der Waals surface area contributed by atoms with Crippen molar-refractivity contribution in [2.24, 2.45) is 5.73 Å². The Labute approximate surface area is 131 Å². The Bertz CT molecular complexity index is 507. The van der Waals surface area contributed by atoms with Crippen molar-refractivity contribution in [2.75, 3.05) is 13.2 Å². The number of likely N-dealkylation sites (N-methyl/N-ethyl adjacent to an activating group) is 1. The first-order valence-electron chi connectivity index (χ1n) is 7.94. The van der Waals surface area contributed by atoms with Crippen molar-refractivity contribution in [3.63, 3.8) is 0 Å². The minimum Gasteiger partial charge on any atom is -0.484 e. The zero-order valence-electron chi connectivity index (χ0n) is 13.1. The molecule has 0 atom stereocenters. The summed E-state index contributed by atoms with van der Waals surface area (Å²) < 4.78 is 5.53. The number of benzene rings is 1. The van der Waals surface area contributed by atoms with Gasteiger partial charge in [-0.15, -0.1) is 0 Å². The summed E-state index contributed by atoms with van der Waals surface area (Å²) in [5.74, 6) is 0.114. The van der Waals surface area contributed by atoms with Crippen LogP contribution < -0.4 is 10.5 Å². The van der Waals surface area contributed by atoms with Gasteiger partial charge in [-0.05, 0) is 44.0 Å². The van der Waals surface area contributed by atoms with E-state index in [0.717, 1.165) is 12.8 Å². The molecule has 0 radical (unpaired) electrons. The standard InChI is InChI=1S/C17H24N2O3/c1-2-19(14-6-4-3-5-7-14)16(20)12-22-15-10-8-13(9-11-15)17(18)21/h8-11,14H,2-7,12H2,1H3,(H2,18,21). The lowest BCUT2D eigenvalue weighted by molar-refractivity contribution is -0.136. The molecule has 2 N–H and O–H groups in total. The average Bonchev–Trinajstić information content (AvgIpc) is 2.55. The molecule has 1 fully saturated rings. The largest absolute Gasteiger partial charge is 0.484 e. The van der Waals surface area contributed by atoms with Crippen molar-refractivity contribution in [1.82, 2.24) is 4.90 Å². The second kappa shape index (κ2) is 7.82. The first-order chi connectivity index (χ1) is 10.6. The van der Waals surface area contributed by atoms with E-state index in [9.17, 15) is 9.59 Å². The molecule has 0 aliphatic heterocycles. The van der Waals surface area contributed by atoms with E-state index < -0.39 is 5.91 Å². The number of amides is 2. The van der Waals surface area contributed by atoms with Crippen molar-refractivity contribution in [3.8, 4) is 5.75 Å². The first kappa shape index (κ1) is 16.3. The van der Waals surface area contributed by atoms with Gasteiger partial charge in [0.15, 0.2) is 6.61 Å². The fourth-order valence-corrected chi connectivity index (χ4v) is 2.97. The van der Waals surface area contributed by atoms with Gasteiger partial charge in [0.05, 0.1) is 0 Å². The minimum absolute atomic E-state index is 0.0216. The summed E-state index contributed by atoms with van der Waals surface area (Å²) in [5, 5.41) is 0. The van der Waals surface area contributed by atoms with Crippen LogP contribution in [-0.2, 0) is 4.79 Å². The maximum absolute atomic E-state index is 12.3. The highest BCUT2D eigenvalue weighted by atomic mass is 16.5. The molecule has 1 aromatic carbocycles. The van der Waals surface area contributed by atoms with Crippen LogP contribution in [0.2, 0.25) is 0 Å². The SMILES string of the molecule is CCN(C(=O)COc1ccc(C(N)=O)cc1)C1CCCCC1. The molecule has 2 amide bonds. The summed E-state index contributed by atoms with van der Waals surface area (Å²) in [6.45, 7) is 2.75. The van der Waals surface area contributed by atoms with Gasteiger partial charge in [-0.25, -0.2) is 0 Å². The normalized spacial score (nSPS) is 15.3. The molecular weight excluding hydrogens is 280 g/mol. The predicted molar refractivity (Wildman–Crippen MR) is 84.7 cm³/mol. The number of nitrogens with two attached hydrogens (primary N) is 1. The van der Waals surface area contributed by atoms with Gasteiger partial charge in [0.1, 0.15) is 5.75 Å². The van der Waals surface area contributed by atoms with E-state index in [4.69, 9.17) is 10.5 Å². The predicted octanol–water partition coefficient (Wildman–Crippen LogP) is 2.35. The van der Waals surface area contributed by atoms with Gasteiger partial charge in [0, 0.05) is 18.2 Å². The van der Waals surface area contributed by atoms with E-state index in [1.54, 1.807) is 24.3 Å². The zero-order chi connectivity index (χ0) is 15.9. The maximum Gasteiger partial charge on any atom is 0.260 e. The van der Waals surface area contributed by atoms with Gasteiger partial charge in [-0.1, -0.05) is 19.3 Å². The van der Waals surface area contributed by atoms with Crippen molar-refractivity contribution >= 4 is 11.8 Å².